The molecule has 0 atom stereocenters. The molecule has 3 heteroatoms. The van der Waals surface area contributed by atoms with Gasteiger partial charge < -0.3 is 12.4 Å². The van der Waals surface area contributed by atoms with Crippen LogP contribution in [0, 0.1) is 41.5 Å². The first-order valence-corrected chi connectivity index (χ1v) is 11.0. The Hall–Kier alpha value is -2.42. The summed E-state index contributed by atoms with van der Waals surface area (Å²) in [5.74, 6) is 0. The highest BCUT2D eigenvalue weighted by atomic mass is 35.5. The van der Waals surface area contributed by atoms with Gasteiger partial charge in [0.25, 0.3) is 0 Å². The minimum atomic E-state index is 0. The Morgan fingerprint density at radius 1 is 0.633 bits per heavy atom. The highest BCUT2D eigenvalue weighted by Gasteiger charge is 2.25. The van der Waals surface area contributed by atoms with Gasteiger partial charge in [-0.3, -0.25) is 0 Å². The second-order valence-electron chi connectivity index (χ2n) is 8.19. The Morgan fingerprint density at radius 3 is 1.43 bits per heavy atom. The fourth-order valence-corrected chi connectivity index (χ4v) is 5.01. The van der Waals surface area contributed by atoms with Gasteiger partial charge in [-0.15, -0.1) is 0 Å². The van der Waals surface area contributed by atoms with Crippen molar-refractivity contribution >= 4 is 11.3 Å². The number of aryl methyl sites for hydroxylation is 5. The van der Waals surface area contributed by atoms with Gasteiger partial charge in [0.15, 0.2) is 5.69 Å². The van der Waals surface area contributed by atoms with E-state index in [1.165, 1.54) is 60.8 Å². The van der Waals surface area contributed by atoms with Crippen LogP contribution in [0.5, 0.6) is 0 Å². The Balaban J connectivity index is 0.00000256. The maximum Gasteiger partial charge on any atom is 0.231 e. The summed E-state index contributed by atoms with van der Waals surface area (Å²) in [5.41, 5.74) is 15.1. The molecule has 0 fully saturated rings. The first kappa shape index (κ1) is 22.3. The molecule has 1 nitrogen and oxygen atoms in total. The average Bonchev–Trinajstić information content (AvgIpc) is 2.98. The van der Waals surface area contributed by atoms with E-state index >= 15 is 0 Å². The lowest BCUT2D eigenvalue weighted by Crippen LogP contribution is -3.00. The molecule has 0 aliphatic rings. The lowest BCUT2D eigenvalue weighted by molar-refractivity contribution is -0.596. The van der Waals surface area contributed by atoms with Gasteiger partial charge in [-0.05, 0) is 57.9 Å². The van der Waals surface area contributed by atoms with E-state index in [2.05, 4.69) is 106 Å². The highest BCUT2D eigenvalue weighted by Crippen LogP contribution is 2.35. The van der Waals surface area contributed by atoms with Crippen LogP contribution < -0.4 is 17.0 Å². The number of nitrogens with zero attached hydrogens (tertiary/aromatic N) is 1. The lowest BCUT2D eigenvalue weighted by atomic mass is 9.92. The molecule has 4 aromatic rings. The summed E-state index contributed by atoms with van der Waals surface area (Å²) in [6.45, 7) is 13.1. The van der Waals surface area contributed by atoms with Crippen molar-refractivity contribution in [2.24, 2.45) is 0 Å². The minimum Gasteiger partial charge on any atom is -1.00 e. The summed E-state index contributed by atoms with van der Waals surface area (Å²) in [6, 6.07) is 20.4. The van der Waals surface area contributed by atoms with Crippen molar-refractivity contribution in [2.45, 2.75) is 41.5 Å². The predicted molar refractivity (Wildman–Crippen MR) is 125 cm³/mol. The largest absolute Gasteiger partial charge is 1.00 e. The molecule has 1 aromatic heterocycles. The standard InChI is InChI=1S/C27H28NS.ClH/c1-17-10-18(2)13-23(12-17)25-8-7-9-26(24-14-19(3)11-20(4)15-24)27(25)28-16-29-22(6)21(28)5;/h7-16H,1-6H3;1H/q+1;/p-1. The Labute approximate surface area is 190 Å². The first-order valence-electron chi connectivity index (χ1n) is 10.1. The number of hydrogen-bond acceptors (Lipinski definition) is 1. The fourth-order valence-electron chi connectivity index (χ4n) is 4.22. The summed E-state index contributed by atoms with van der Waals surface area (Å²) < 4.78 is 2.38. The molecule has 154 valence electrons. The van der Waals surface area contributed by atoms with Crippen LogP contribution in [-0.2, 0) is 0 Å². The van der Waals surface area contributed by atoms with Crippen LogP contribution in [0.4, 0.5) is 0 Å². The van der Waals surface area contributed by atoms with Crippen molar-refractivity contribution in [3.63, 3.8) is 0 Å². The maximum atomic E-state index is 2.38. The third kappa shape index (κ3) is 4.21. The molecule has 0 bridgehead atoms. The van der Waals surface area contributed by atoms with Gasteiger partial charge in [0.1, 0.15) is 0 Å². The van der Waals surface area contributed by atoms with Gasteiger partial charge >= 0.3 is 0 Å². The zero-order valence-corrected chi connectivity index (χ0v) is 20.1. The van der Waals surface area contributed by atoms with Crippen molar-refractivity contribution in [3.8, 4) is 27.9 Å². The van der Waals surface area contributed by atoms with E-state index in [1.807, 2.05) is 11.3 Å². The van der Waals surface area contributed by atoms with Gasteiger partial charge in [-0.25, -0.2) is 0 Å². The van der Waals surface area contributed by atoms with Gasteiger partial charge in [-0.1, -0.05) is 76.1 Å². The van der Waals surface area contributed by atoms with Gasteiger partial charge in [-0.2, -0.15) is 4.57 Å². The lowest BCUT2D eigenvalue weighted by Gasteiger charge is -2.13. The van der Waals surface area contributed by atoms with E-state index in [1.54, 1.807) is 0 Å². The molecule has 0 saturated carbocycles. The molecule has 0 amide bonds. The summed E-state index contributed by atoms with van der Waals surface area (Å²) >= 11 is 1.81. The Morgan fingerprint density at radius 2 is 1.07 bits per heavy atom. The normalized spacial score (nSPS) is 10.7. The number of para-hydroxylation sites is 1. The van der Waals surface area contributed by atoms with Crippen molar-refractivity contribution in [3.05, 3.63) is 92.9 Å². The molecule has 1 heterocycles. The van der Waals surface area contributed by atoms with Crippen LogP contribution in [0.1, 0.15) is 32.8 Å². The zero-order chi connectivity index (χ0) is 20.7. The van der Waals surface area contributed by atoms with E-state index in [0.29, 0.717) is 0 Å². The zero-order valence-electron chi connectivity index (χ0n) is 18.5. The molecule has 4 rings (SSSR count). The molecule has 0 saturated heterocycles. The van der Waals surface area contributed by atoms with Crippen molar-refractivity contribution in [1.29, 1.82) is 0 Å². The summed E-state index contributed by atoms with van der Waals surface area (Å²) in [6.07, 6.45) is 0. The van der Waals surface area contributed by atoms with Crippen molar-refractivity contribution in [2.75, 3.05) is 0 Å². The van der Waals surface area contributed by atoms with Crippen molar-refractivity contribution < 1.29 is 17.0 Å². The third-order valence-corrected chi connectivity index (χ3v) is 6.51. The van der Waals surface area contributed by atoms with Crippen LogP contribution >= 0.6 is 11.3 Å². The van der Waals surface area contributed by atoms with Gasteiger partial charge in [0.2, 0.25) is 11.2 Å². The molecule has 0 radical (unpaired) electrons. The summed E-state index contributed by atoms with van der Waals surface area (Å²) in [5, 5.41) is 0. The number of halogens is 1. The molecule has 0 aliphatic heterocycles. The molecule has 0 aliphatic carbocycles. The average molecular weight is 434 g/mol. The predicted octanol–water partition coefficient (Wildman–Crippen LogP) is 4.21. The monoisotopic (exact) mass is 433 g/mol. The quantitative estimate of drug-likeness (QED) is 0.426. The number of thiazole rings is 1. The van der Waals surface area contributed by atoms with E-state index in [0.717, 1.165) is 0 Å². The van der Waals surface area contributed by atoms with Crippen LogP contribution in [0.15, 0.2) is 60.1 Å². The molecule has 30 heavy (non-hydrogen) atoms. The SMILES string of the molecule is Cc1cc(C)cc(-c2cccc(-c3cc(C)cc(C)c3)c2-[n+]2csc(C)c2C)c1.[Cl-]. The molecule has 0 N–H and O–H groups in total. The maximum absolute atomic E-state index is 2.38. The molecule has 0 spiro atoms. The second-order valence-corrected chi connectivity index (χ2v) is 9.25. The van der Waals surface area contributed by atoms with Crippen LogP contribution in [0.3, 0.4) is 0 Å². The topological polar surface area (TPSA) is 3.88 Å². The number of aromatic nitrogens is 1. The van der Waals surface area contributed by atoms with E-state index in [9.17, 15) is 0 Å². The highest BCUT2D eigenvalue weighted by molar-refractivity contribution is 7.09. The summed E-state index contributed by atoms with van der Waals surface area (Å²) in [7, 11) is 0. The fraction of sp³-hybridized carbons (Fsp3) is 0.222. The van der Waals surface area contributed by atoms with Gasteiger partial charge in [0, 0.05) is 6.92 Å². The number of hydrogen-bond donors (Lipinski definition) is 0. The molecule has 3 aromatic carbocycles. The Bertz CT molecular complexity index is 1110. The molecule has 0 unspecified atom stereocenters. The van der Waals surface area contributed by atoms with E-state index < -0.39 is 0 Å². The summed E-state index contributed by atoms with van der Waals surface area (Å²) in [4.78, 5) is 1.35. The number of rotatable bonds is 3. The minimum absolute atomic E-state index is 0. The second kappa shape index (κ2) is 8.75. The van der Waals surface area contributed by atoms with Gasteiger partial charge in [0.05, 0.1) is 16.0 Å². The van der Waals surface area contributed by atoms with Crippen LogP contribution in [0.2, 0.25) is 0 Å². The van der Waals surface area contributed by atoms with E-state index in [4.69, 9.17) is 0 Å². The molecular formula is C27H28ClNS. The van der Waals surface area contributed by atoms with Crippen LogP contribution in [0.25, 0.3) is 27.9 Å². The van der Waals surface area contributed by atoms with E-state index in [-0.39, 0.29) is 12.4 Å². The van der Waals surface area contributed by atoms with Crippen LogP contribution in [-0.4, -0.2) is 0 Å². The third-order valence-electron chi connectivity index (χ3n) is 5.55. The first-order chi connectivity index (χ1) is 13.8. The molecular weight excluding hydrogens is 406 g/mol. The number of benzene rings is 3. The van der Waals surface area contributed by atoms with Crippen molar-refractivity contribution in [1.82, 2.24) is 0 Å². The smallest absolute Gasteiger partial charge is 0.231 e. The Kier molecular flexibility index (Phi) is 6.50.